The normalized spacial score (nSPS) is 13.8. The van der Waals surface area contributed by atoms with Crippen LogP contribution in [0.2, 0.25) is 0 Å². The highest BCUT2D eigenvalue weighted by Crippen LogP contribution is 2.28. The average Bonchev–Trinajstić information content (AvgIpc) is 2.68. The van der Waals surface area contributed by atoms with Gasteiger partial charge in [-0.15, -0.1) is 0 Å². The van der Waals surface area contributed by atoms with Gasteiger partial charge >= 0.3 is 0 Å². The number of aromatic nitrogens is 2. The van der Waals surface area contributed by atoms with Crippen LogP contribution in [0.4, 0.5) is 17.2 Å². The molecule has 0 bridgehead atoms. The number of nitrogens with zero attached hydrogens (tertiary/aromatic N) is 3. The molecule has 1 fully saturated rings. The van der Waals surface area contributed by atoms with Crippen molar-refractivity contribution in [2.75, 3.05) is 48.9 Å². The molecule has 0 atom stereocenters. The predicted molar refractivity (Wildman–Crippen MR) is 100 cm³/mol. The zero-order valence-corrected chi connectivity index (χ0v) is 15.2. The number of morpholine rings is 1. The van der Waals surface area contributed by atoms with Gasteiger partial charge < -0.3 is 25.0 Å². The van der Waals surface area contributed by atoms with Crippen molar-refractivity contribution < 1.29 is 19.1 Å². The smallest absolute Gasteiger partial charge is 0.274 e. The van der Waals surface area contributed by atoms with Crippen LogP contribution < -0.4 is 20.3 Å². The van der Waals surface area contributed by atoms with Gasteiger partial charge in [-0.3, -0.25) is 9.59 Å². The Morgan fingerprint density at radius 2 is 1.93 bits per heavy atom. The number of ether oxygens (including phenoxy) is 2. The molecule has 1 aromatic carbocycles. The molecule has 27 heavy (non-hydrogen) atoms. The summed E-state index contributed by atoms with van der Waals surface area (Å²) in [5.74, 6) is 0.547. The second-order valence-corrected chi connectivity index (χ2v) is 5.91. The fourth-order valence-corrected chi connectivity index (χ4v) is 2.71. The van der Waals surface area contributed by atoms with E-state index in [0.29, 0.717) is 49.2 Å². The summed E-state index contributed by atoms with van der Waals surface area (Å²) in [6, 6.07) is 6.63. The van der Waals surface area contributed by atoms with E-state index in [0.717, 1.165) is 0 Å². The summed E-state index contributed by atoms with van der Waals surface area (Å²) in [4.78, 5) is 34.3. The van der Waals surface area contributed by atoms with Crippen molar-refractivity contribution in [1.29, 1.82) is 0 Å². The fourth-order valence-electron chi connectivity index (χ4n) is 2.71. The summed E-state index contributed by atoms with van der Waals surface area (Å²) in [5, 5.41) is 5.44. The lowest BCUT2D eigenvalue weighted by Gasteiger charge is -2.27. The number of carbonyl (C=O) groups is 2. The second kappa shape index (κ2) is 8.45. The minimum atomic E-state index is -0.398. The quantitative estimate of drug-likeness (QED) is 0.821. The summed E-state index contributed by atoms with van der Waals surface area (Å²) >= 11 is 0. The van der Waals surface area contributed by atoms with E-state index < -0.39 is 5.91 Å². The van der Waals surface area contributed by atoms with Gasteiger partial charge in [0.2, 0.25) is 5.91 Å². The van der Waals surface area contributed by atoms with Gasteiger partial charge in [-0.2, -0.15) is 0 Å². The number of rotatable bonds is 5. The average molecular weight is 371 g/mol. The Balaban J connectivity index is 1.79. The molecular formula is C18H21N5O4. The Morgan fingerprint density at radius 3 is 2.63 bits per heavy atom. The maximum absolute atomic E-state index is 12.7. The molecule has 2 amide bonds. The number of hydrogen-bond donors (Lipinski definition) is 2. The molecular weight excluding hydrogens is 350 g/mol. The van der Waals surface area contributed by atoms with Crippen LogP contribution >= 0.6 is 0 Å². The van der Waals surface area contributed by atoms with Crippen molar-refractivity contribution in [3.63, 3.8) is 0 Å². The third kappa shape index (κ3) is 4.70. The summed E-state index contributed by atoms with van der Waals surface area (Å²) in [5.41, 5.74) is 1.22. The maximum atomic E-state index is 12.7. The van der Waals surface area contributed by atoms with Gasteiger partial charge in [-0.1, -0.05) is 0 Å². The largest absolute Gasteiger partial charge is 0.495 e. The molecule has 0 aliphatic carbocycles. The molecule has 0 unspecified atom stereocenters. The van der Waals surface area contributed by atoms with Crippen molar-refractivity contribution in [3.05, 3.63) is 36.3 Å². The number of methoxy groups -OCH3 is 1. The van der Waals surface area contributed by atoms with Crippen LogP contribution in [-0.2, 0) is 9.53 Å². The van der Waals surface area contributed by atoms with E-state index >= 15 is 0 Å². The third-order valence-corrected chi connectivity index (χ3v) is 3.99. The molecule has 1 aliphatic heterocycles. The van der Waals surface area contributed by atoms with Crippen molar-refractivity contribution in [1.82, 2.24) is 9.97 Å². The molecule has 3 rings (SSSR count). The van der Waals surface area contributed by atoms with E-state index in [1.165, 1.54) is 20.4 Å². The summed E-state index contributed by atoms with van der Waals surface area (Å²) in [6.45, 7) is 4.09. The molecule has 2 N–H and O–H groups in total. The minimum Gasteiger partial charge on any atom is -0.495 e. The van der Waals surface area contributed by atoms with Gasteiger partial charge in [-0.05, 0) is 18.2 Å². The Labute approximate surface area is 156 Å². The van der Waals surface area contributed by atoms with Crippen molar-refractivity contribution in [3.8, 4) is 5.75 Å². The van der Waals surface area contributed by atoms with E-state index in [1.54, 1.807) is 24.3 Å². The molecule has 1 aromatic heterocycles. The number of nitrogens with one attached hydrogen (secondary N) is 2. The Morgan fingerprint density at radius 1 is 1.15 bits per heavy atom. The van der Waals surface area contributed by atoms with Crippen LogP contribution in [0.3, 0.4) is 0 Å². The van der Waals surface area contributed by atoms with Crippen LogP contribution in [0.1, 0.15) is 17.4 Å². The van der Waals surface area contributed by atoms with Crippen LogP contribution in [0.15, 0.2) is 30.6 Å². The predicted octanol–water partition coefficient (Wildman–Crippen LogP) is 1.53. The van der Waals surface area contributed by atoms with Crippen molar-refractivity contribution in [2.45, 2.75) is 6.92 Å². The first-order chi connectivity index (χ1) is 13.1. The molecule has 9 nitrogen and oxygen atoms in total. The SMILES string of the molecule is COc1ccc(NC(C)=O)cc1NC(=O)c1cc(N2CCOCC2)ncn1. The first-order valence-electron chi connectivity index (χ1n) is 8.48. The van der Waals surface area contributed by atoms with Crippen LogP contribution in [0, 0.1) is 0 Å². The number of anilines is 3. The molecule has 2 aromatic rings. The van der Waals surface area contributed by atoms with Gasteiger partial charge in [0.15, 0.2) is 0 Å². The zero-order chi connectivity index (χ0) is 19.2. The lowest BCUT2D eigenvalue weighted by atomic mass is 10.2. The van der Waals surface area contributed by atoms with Gasteiger partial charge in [0, 0.05) is 31.8 Å². The highest BCUT2D eigenvalue weighted by molar-refractivity contribution is 6.04. The topological polar surface area (TPSA) is 106 Å². The van der Waals surface area contributed by atoms with Crippen LogP contribution in [-0.4, -0.2) is 55.2 Å². The highest BCUT2D eigenvalue weighted by Gasteiger charge is 2.17. The fraction of sp³-hybridized carbons (Fsp3) is 0.333. The molecule has 9 heteroatoms. The van der Waals surface area contributed by atoms with Crippen molar-refractivity contribution >= 4 is 29.0 Å². The van der Waals surface area contributed by atoms with Gasteiger partial charge in [-0.25, -0.2) is 9.97 Å². The standard InChI is InChI=1S/C18H21N5O4/c1-12(24)21-13-3-4-16(26-2)14(9-13)22-18(25)15-10-17(20-11-19-15)23-5-7-27-8-6-23/h3-4,9-11H,5-8H2,1-2H3,(H,21,24)(H,22,25). The Kier molecular flexibility index (Phi) is 5.82. The summed E-state index contributed by atoms with van der Waals surface area (Å²) in [7, 11) is 1.50. The second-order valence-electron chi connectivity index (χ2n) is 5.91. The van der Waals surface area contributed by atoms with E-state index in [4.69, 9.17) is 9.47 Å². The highest BCUT2D eigenvalue weighted by atomic mass is 16.5. The molecule has 1 aliphatic rings. The Bertz CT molecular complexity index is 836. The lowest BCUT2D eigenvalue weighted by Crippen LogP contribution is -2.37. The molecule has 0 spiro atoms. The molecule has 142 valence electrons. The molecule has 0 saturated carbocycles. The minimum absolute atomic E-state index is 0.205. The number of carbonyl (C=O) groups excluding carboxylic acids is 2. The van der Waals surface area contributed by atoms with Gasteiger partial charge in [0.05, 0.1) is 26.0 Å². The summed E-state index contributed by atoms with van der Waals surface area (Å²) < 4.78 is 10.6. The van der Waals surface area contributed by atoms with E-state index in [2.05, 4.69) is 20.6 Å². The lowest BCUT2D eigenvalue weighted by molar-refractivity contribution is -0.114. The van der Waals surface area contributed by atoms with E-state index in [1.807, 2.05) is 4.90 Å². The zero-order valence-electron chi connectivity index (χ0n) is 15.2. The first-order valence-corrected chi connectivity index (χ1v) is 8.48. The van der Waals surface area contributed by atoms with Gasteiger partial charge in [0.25, 0.3) is 5.91 Å². The monoisotopic (exact) mass is 371 g/mol. The van der Waals surface area contributed by atoms with Crippen molar-refractivity contribution in [2.24, 2.45) is 0 Å². The summed E-state index contributed by atoms with van der Waals surface area (Å²) in [6.07, 6.45) is 1.37. The molecule has 0 radical (unpaired) electrons. The first kappa shape index (κ1) is 18.6. The van der Waals surface area contributed by atoms with Crippen LogP contribution in [0.25, 0.3) is 0 Å². The Hall–Kier alpha value is -3.20. The number of amides is 2. The maximum Gasteiger partial charge on any atom is 0.274 e. The number of benzene rings is 1. The van der Waals surface area contributed by atoms with Gasteiger partial charge in [0.1, 0.15) is 23.6 Å². The van der Waals surface area contributed by atoms with E-state index in [9.17, 15) is 9.59 Å². The van der Waals surface area contributed by atoms with Crippen LogP contribution in [0.5, 0.6) is 5.75 Å². The van der Waals surface area contributed by atoms with E-state index in [-0.39, 0.29) is 11.6 Å². The molecule has 1 saturated heterocycles. The number of hydrogen-bond acceptors (Lipinski definition) is 7. The third-order valence-electron chi connectivity index (χ3n) is 3.99. The molecule has 2 heterocycles.